The van der Waals surface area contributed by atoms with E-state index < -0.39 is 11.7 Å². The first-order valence-electron chi connectivity index (χ1n) is 5.93. The molecular weight excluding hydrogens is 269 g/mol. The summed E-state index contributed by atoms with van der Waals surface area (Å²) in [5.74, 6) is -0.0510. The second kappa shape index (κ2) is 5.77. The number of hydrogen-bond donors (Lipinski definition) is 2. The van der Waals surface area contributed by atoms with E-state index in [1.807, 2.05) is 6.07 Å². The van der Waals surface area contributed by atoms with E-state index in [0.29, 0.717) is 13.0 Å². The predicted octanol–water partition coefficient (Wildman–Crippen LogP) is 2.73. The Balaban J connectivity index is 2.01. The second-order valence-corrected chi connectivity index (χ2v) is 4.20. The molecule has 0 aliphatic carbocycles. The van der Waals surface area contributed by atoms with Gasteiger partial charge in [-0.25, -0.2) is 4.98 Å². The molecule has 0 saturated carbocycles. The van der Waals surface area contributed by atoms with Crippen molar-refractivity contribution >= 4 is 11.6 Å². The van der Waals surface area contributed by atoms with Gasteiger partial charge >= 0.3 is 6.18 Å². The van der Waals surface area contributed by atoms with Gasteiger partial charge in [-0.2, -0.15) is 13.2 Å². The molecule has 0 unspecified atom stereocenters. The molecule has 0 fully saturated rings. The number of nitrogen functional groups attached to an aromatic ring is 1. The van der Waals surface area contributed by atoms with Crippen LogP contribution in [0.3, 0.4) is 0 Å². The summed E-state index contributed by atoms with van der Waals surface area (Å²) in [5.41, 5.74) is 5.55. The molecule has 2 aromatic rings. The molecule has 7 heteroatoms. The van der Waals surface area contributed by atoms with E-state index in [9.17, 15) is 13.2 Å². The number of rotatable bonds is 4. The van der Waals surface area contributed by atoms with Crippen molar-refractivity contribution in [1.82, 2.24) is 9.97 Å². The van der Waals surface area contributed by atoms with Gasteiger partial charge in [0, 0.05) is 18.9 Å². The van der Waals surface area contributed by atoms with Gasteiger partial charge in [0.2, 0.25) is 0 Å². The average Bonchev–Trinajstić information content (AvgIpc) is 2.38. The molecule has 0 atom stereocenters. The lowest BCUT2D eigenvalue weighted by atomic mass is 10.2. The van der Waals surface area contributed by atoms with Gasteiger partial charge in [0.05, 0.1) is 5.56 Å². The first-order chi connectivity index (χ1) is 9.45. The molecule has 2 aromatic heterocycles. The van der Waals surface area contributed by atoms with Crippen molar-refractivity contribution in [2.24, 2.45) is 0 Å². The lowest BCUT2D eigenvalue weighted by Crippen LogP contribution is -2.11. The molecule has 106 valence electrons. The van der Waals surface area contributed by atoms with Crippen LogP contribution in [0.25, 0.3) is 0 Å². The molecular formula is C13H13F3N4. The molecule has 3 N–H and O–H groups in total. The molecule has 2 rings (SSSR count). The van der Waals surface area contributed by atoms with Crippen molar-refractivity contribution in [2.75, 3.05) is 17.6 Å². The van der Waals surface area contributed by atoms with Gasteiger partial charge in [-0.05, 0) is 30.2 Å². The van der Waals surface area contributed by atoms with Crippen LogP contribution < -0.4 is 11.1 Å². The lowest BCUT2D eigenvalue weighted by Gasteiger charge is -2.11. The van der Waals surface area contributed by atoms with Crippen LogP contribution in [0.4, 0.5) is 24.8 Å². The van der Waals surface area contributed by atoms with Gasteiger partial charge in [0.15, 0.2) is 0 Å². The quantitative estimate of drug-likeness (QED) is 0.905. The largest absolute Gasteiger partial charge is 0.416 e. The van der Waals surface area contributed by atoms with Crippen LogP contribution in [0.15, 0.2) is 36.7 Å². The minimum Gasteiger partial charge on any atom is -0.384 e. The van der Waals surface area contributed by atoms with Crippen molar-refractivity contribution in [3.05, 3.63) is 47.8 Å². The van der Waals surface area contributed by atoms with E-state index in [0.717, 1.165) is 17.7 Å². The van der Waals surface area contributed by atoms with E-state index >= 15 is 0 Å². The Morgan fingerprint density at radius 3 is 2.70 bits per heavy atom. The highest BCUT2D eigenvalue weighted by atomic mass is 19.4. The standard InChI is InChI=1S/C13H13F3N4/c14-13(15,16)10-6-11(17)20-12(7-10)19-5-3-9-2-1-4-18-8-9/h1-2,4,6-8H,3,5H2,(H3,17,19,20). The van der Waals surface area contributed by atoms with Crippen LogP contribution >= 0.6 is 0 Å². The Morgan fingerprint density at radius 1 is 1.25 bits per heavy atom. The monoisotopic (exact) mass is 282 g/mol. The zero-order valence-corrected chi connectivity index (χ0v) is 10.5. The zero-order chi connectivity index (χ0) is 14.6. The van der Waals surface area contributed by atoms with Gasteiger partial charge in [0.25, 0.3) is 0 Å². The van der Waals surface area contributed by atoms with E-state index in [1.165, 1.54) is 0 Å². The van der Waals surface area contributed by atoms with E-state index in [-0.39, 0.29) is 11.6 Å². The van der Waals surface area contributed by atoms with Gasteiger partial charge in [-0.1, -0.05) is 6.07 Å². The third-order valence-electron chi connectivity index (χ3n) is 2.62. The Morgan fingerprint density at radius 2 is 2.05 bits per heavy atom. The van der Waals surface area contributed by atoms with Crippen LogP contribution in [0.1, 0.15) is 11.1 Å². The molecule has 0 aliphatic heterocycles. The van der Waals surface area contributed by atoms with Gasteiger partial charge in [-0.15, -0.1) is 0 Å². The molecule has 0 saturated heterocycles. The maximum Gasteiger partial charge on any atom is 0.416 e. The number of alkyl halides is 3. The van der Waals surface area contributed by atoms with Crippen molar-refractivity contribution in [3.63, 3.8) is 0 Å². The van der Waals surface area contributed by atoms with Crippen molar-refractivity contribution < 1.29 is 13.2 Å². The fraction of sp³-hybridized carbons (Fsp3) is 0.231. The zero-order valence-electron chi connectivity index (χ0n) is 10.5. The Hall–Kier alpha value is -2.31. The summed E-state index contributed by atoms with van der Waals surface area (Å²) in [4.78, 5) is 7.79. The molecule has 0 spiro atoms. The van der Waals surface area contributed by atoms with Crippen LogP contribution in [-0.2, 0) is 12.6 Å². The lowest BCUT2D eigenvalue weighted by molar-refractivity contribution is -0.137. The Kier molecular flexibility index (Phi) is 4.07. The minimum atomic E-state index is -4.43. The normalized spacial score (nSPS) is 11.3. The summed E-state index contributed by atoms with van der Waals surface area (Å²) >= 11 is 0. The van der Waals surface area contributed by atoms with E-state index in [1.54, 1.807) is 18.5 Å². The summed E-state index contributed by atoms with van der Waals surface area (Å²) in [6.45, 7) is 0.444. The average molecular weight is 282 g/mol. The molecule has 2 heterocycles. The summed E-state index contributed by atoms with van der Waals surface area (Å²) in [7, 11) is 0. The number of pyridine rings is 2. The highest BCUT2D eigenvalue weighted by molar-refractivity contribution is 5.47. The van der Waals surface area contributed by atoms with E-state index in [2.05, 4.69) is 15.3 Å². The number of aromatic nitrogens is 2. The fourth-order valence-electron chi connectivity index (χ4n) is 1.69. The highest BCUT2D eigenvalue weighted by Gasteiger charge is 2.31. The van der Waals surface area contributed by atoms with Crippen LogP contribution in [-0.4, -0.2) is 16.5 Å². The first kappa shape index (κ1) is 14.1. The van der Waals surface area contributed by atoms with Gasteiger partial charge < -0.3 is 11.1 Å². The summed E-state index contributed by atoms with van der Waals surface area (Å²) in [6.07, 6.45) is -0.440. The number of halogens is 3. The van der Waals surface area contributed by atoms with Gasteiger partial charge in [-0.3, -0.25) is 4.98 Å². The minimum absolute atomic E-state index is 0.112. The Labute approximate surface area is 113 Å². The SMILES string of the molecule is Nc1cc(C(F)(F)F)cc(NCCc2cccnc2)n1. The van der Waals surface area contributed by atoms with Crippen LogP contribution in [0, 0.1) is 0 Å². The molecule has 4 nitrogen and oxygen atoms in total. The maximum atomic E-state index is 12.6. The van der Waals surface area contributed by atoms with Crippen LogP contribution in [0.2, 0.25) is 0 Å². The number of nitrogens with one attached hydrogen (secondary N) is 1. The van der Waals surface area contributed by atoms with Crippen molar-refractivity contribution in [2.45, 2.75) is 12.6 Å². The molecule has 0 aromatic carbocycles. The highest BCUT2D eigenvalue weighted by Crippen LogP contribution is 2.31. The van der Waals surface area contributed by atoms with Crippen molar-refractivity contribution in [1.29, 1.82) is 0 Å². The maximum absolute atomic E-state index is 12.6. The van der Waals surface area contributed by atoms with Crippen LogP contribution in [0.5, 0.6) is 0 Å². The number of nitrogens with zero attached hydrogens (tertiary/aromatic N) is 2. The molecule has 0 aliphatic rings. The second-order valence-electron chi connectivity index (χ2n) is 4.20. The summed E-state index contributed by atoms with van der Waals surface area (Å²) in [5, 5.41) is 2.83. The van der Waals surface area contributed by atoms with Crippen molar-refractivity contribution in [3.8, 4) is 0 Å². The third kappa shape index (κ3) is 3.84. The molecule has 0 amide bonds. The van der Waals surface area contributed by atoms with E-state index in [4.69, 9.17) is 5.73 Å². The topological polar surface area (TPSA) is 63.8 Å². The number of hydrogen-bond acceptors (Lipinski definition) is 4. The first-order valence-corrected chi connectivity index (χ1v) is 5.93. The fourth-order valence-corrected chi connectivity index (χ4v) is 1.69. The Bertz CT molecular complexity index is 570. The number of nitrogens with two attached hydrogens (primary N) is 1. The smallest absolute Gasteiger partial charge is 0.384 e. The van der Waals surface area contributed by atoms with Gasteiger partial charge in [0.1, 0.15) is 11.6 Å². The molecule has 0 radical (unpaired) electrons. The summed E-state index contributed by atoms with van der Waals surface area (Å²) in [6, 6.07) is 5.45. The molecule has 20 heavy (non-hydrogen) atoms. The molecule has 0 bridgehead atoms. The summed E-state index contributed by atoms with van der Waals surface area (Å²) < 4.78 is 37.8. The third-order valence-corrected chi connectivity index (χ3v) is 2.62. The predicted molar refractivity (Wildman–Crippen MR) is 70.1 cm³/mol. The number of anilines is 2.